The molecular formula is C12H14O4. The van der Waals surface area contributed by atoms with Crippen LogP contribution in [0, 0.1) is 0 Å². The molecule has 16 heavy (non-hydrogen) atoms. The standard InChI is InChI=1S/C12H14O4/c1-4-11(12(13)15-3)16-10-7-5-9(14-2)6-8-10/h4-8,11H,1H2,2-3H3. The summed E-state index contributed by atoms with van der Waals surface area (Å²) in [5.41, 5.74) is 0. The van der Waals surface area contributed by atoms with Gasteiger partial charge in [-0.1, -0.05) is 6.58 Å². The van der Waals surface area contributed by atoms with E-state index in [9.17, 15) is 4.79 Å². The normalized spacial score (nSPS) is 11.4. The van der Waals surface area contributed by atoms with Crippen molar-refractivity contribution in [3.8, 4) is 11.5 Å². The molecule has 1 atom stereocenters. The molecule has 86 valence electrons. The maximum absolute atomic E-state index is 11.2. The Labute approximate surface area is 94.4 Å². The van der Waals surface area contributed by atoms with Crippen LogP contribution in [0.2, 0.25) is 0 Å². The summed E-state index contributed by atoms with van der Waals surface area (Å²) in [5, 5.41) is 0. The zero-order chi connectivity index (χ0) is 12.0. The van der Waals surface area contributed by atoms with E-state index in [1.54, 1.807) is 31.4 Å². The van der Waals surface area contributed by atoms with Gasteiger partial charge in [0.05, 0.1) is 14.2 Å². The zero-order valence-electron chi connectivity index (χ0n) is 9.30. The predicted molar refractivity (Wildman–Crippen MR) is 59.6 cm³/mol. The lowest BCUT2D eigenvalue weighted by Gasteiger charge is -2.13. The van der Waals surface area contributed by atoms with Crippen molar-refractivity contribution in [1.82, 2.24) is 0 Å². The van der Waals surface area contributed by atoms with Crippen molar-refractivity contribution in [3.05, 3.63) is 36.9 Å². The highest BCUT2D eigenvalue weighted by Crippen LogP contribution is 2.18. The molecule has 0 aromatic heterocycles. The Bertz CT molecular complexity index is 356. The van der Waals surface area contributed by atoms with E-state index in [0.717, 1.165) is 5.75 Å². The average Bonchev–Trinajstić information content (AvgIpc) is 2.35. The van der Waals surface area contributed by atoms with E-state index >= 15 is 0 Å². The first-order chi connectivity index (χ1) is 7.71. The molecule has 1 rings (SSSR count). The minimum absolute atomic E-state index is 0.481. The topological polar surface area (TPSA) is 44.8 Å². The maximum atomic E-state index is 11.2. The van der Waals surface area contributed by atoms with Crippen molar-refractivity contribution in [1.29, 1.82) is 0 Å². The lowest BCUT2D eigenvalue weighted by atomic mass is 10.3. The van der Waals surface area contributed by atoms with Gasteiger partial charge in [-0.2, -0.15) is 0 Å². The summed E-state index contributed by atoms with van der Waals surface area (Å²) in [7, 11) is 2.88. The molecule has 1 aromatic rings. The molecule has 0 aliphatic rings. The number of carbonyl (C=O) groups excluding carboxylic acids is 1. The van der Waals surface area contributed by atoms with Crippen molar-refractivity contribution >= 4 is 5.97 Å². The van der Waals surface area contributed by atoms with Crippen LogP contribution < -0.4 is 9.47 Å². The van der Waals surface area contributed by atoms with Gasteiger partial charge in [-0.3, -0.25) is 0 Å². The third kappa shape index (κ3) is 3.02. The fraction of sp³-hybridized carbons (Fsp3) is 0.250. The fourth-order valence-corrected chi connectivity index (χ4v) is 1.11. The third-order valence-corrected chi connectivity index (χ3v) is 1.97. The summed E-state index contributed by atoms with van der Waals surface area (Å²) in [5.74, 6) is 0.794. The summed E-state index contributed by atoms with van der Waals surface area (Å²) >= 11 is 0. The number of hydrogen-bond acceptors (Lipinski definition) is 4. The smallest absolute Gasteiger partial charge is 0.351 e. The Morgan fingerprint density at radius 3 is 2.25 bits per heavy atom. The summed E-state index contributed by atoms with van der Waals surface area (Å²) in [4.78, 5) is 11.2. The number of carbonyl (C=O) groups is 1. The second-order valence-electron chi connectivity index (χ2n) is 2.97. The van der Waals surface area contributed by atoms with Gasteiger partial charge in [0.15, 0.2) is 0 Å². The Balaban J connectivity index is 2.70. The largest absolute Gasteiger partial charge is 0.497 e. The van der Waals surface area contributed by atoms with E-state index in [1.807, 2.05) is 0 Å². The number of hydrogen-bond donors (Lipinski definition) is 0. The lowest BCUT2D eigenvalue weighted by Crippen LogP contribution is -2.26. The Morgan fingerprint density at radius 2 is 1.81 bits per heavy atom. The highest BCUT2D eigenvalue weighted by molar-refractivity contribution is 5.77. The highest BCUT2D eigenvalue weighted by Gasteiger charge is 2.16. The molecule has 0 saturated heterocycles. The van der Waals surface area contributed by atoms with E-state index in [2.05, 4.69) is 11.3 Å². The van der Waals surface area contributed by atoms with Crippen molar-refractivity contribution in [2.75, 3.05) is 14.2 Å². The molecule has 4 heteroatoms. The predicted octanol–water partition coefficient (Wildman–Crippen LogP) is 1.80. The fourth-order valence-electron chi connectivity index (χ4n) is 1.11. The molecule has 1 unspecified atom stereocenters. The third-order valence-electron chi connectivity index (χ3n) is 1.97. The van der Waals surface area contributed by atoms with Crippen LogP contribution in [0.1, 0.15) is 0 Å². The summed E-state index contributed by atoms with van der Waals surface area (Å²) in [6, 6.07) is 6.90. The first-order valence-electron chi connectivity index (χ1n) is 4.72. The van der Waals surface area contributed by atoms with Gasteiger partial charge in [0.2, 0.25) is 6.10 Å². The highest BCUT2D eigenvalue weighted by atomic mass is 16.6. The number of methoxy groups -OCH3 is 2. The molecule has 0 saturated carbocycles. The summed E-state index contributed by atoms with van der Waals surface area (Å²) in [6.45, 7) is 3.51. The SMILES string of the molecule is C=CC(Oc1ccc(OC)cc1)C(=O)OC. The molecule has 0 heterocycles. The van der Waals surface area contributed by atoms with Crippen molar-refractivity contribution < 1.29 is 19.0 Å². The van der Waals surface area contributed by atoms with Crippen LogP contribution in [0.4, 0.5) is 0 Å². The molecule has 0 aliphatic heterocycles. The molecule has 0 spiro atoms. The van der Waals surface area contributed by atoms with Gasteiger partial charge in [0, 0.05) is 0 Å². The van der Waals surface area contributed by atoms with E-state index in [1.165, 1.54) is 13.2 Å². The van der Waals surface area contributed by atoms with Crippen LogP contribution in [0.15, 0.2) is 36.9 Å². The molecule has 1 aromatic carbocycles. The summed E-state index contributed by atoms with van der Waals surface area (Å²) < 4.78 is 14.9. The molecule has 0 bridgehead atoms. The van der Waals surface area contributed by atoms with Crippen molar-refractivity contribution in [3.63, 3.8) is 0 Å². The number of ether oxygens (including phenoxy) is 3. The van der Waals surface area contributed by atoms with Crippen molar-refractivity contribution in [2.24, 2.45) is 0 Å². The molecule has 0 fully saturated rings. The monoisotopic (exact) mass is 222 g/mol. The molecule has 0 amide bonds. The molecular weight excluding hydrogens is 208 g/mol. The average molecular weight is 222 g/mol. The van der Waals surface area contributed by atoms with Gasteiger partial charge >= 0.3 is 5.97 Å². The number of rotatable bonds is 5. The van der Waals surface area contributed by atoms with Crippen LogP contribution in [-0.4, -0.2) is 26.3 Å². The van der Waals surface area contributed by atoms with Crippen LogP contribution >= 0.6 is 0 Å². The summed E-state index contributed by atoms with van der Waals surface area (Å²) in [6.07, 6.45) is 0.592. The van der Waals surface area contributed by atoms with E-state index in [-0.39, 0.29) is 0 Å². The Hall–Kier alpha value is -1.97. The molecule has 0 radical (unpaired) electrons. The van der Waals surface area contributed by atoms with Gasteiger partial charge in [-0.25, -0.2) is 4.79 Å². The van der Waals surface area contributed by atoms with Gasteiger partial charge in [0.1, 0.15) is 11.5 Å². The maximum Gasteiger partial charge on any atom is 0.351 e. The van der Waals surface area contributed by atoms with Gasteiger partial charge < -0.3 is 14.2 Å². The molecule has 0 N–H and O–H groups in total. The first kappa shape index (κ1) is 12.1. The van der Waals surface area contributed by atoms with Crippen LogP contribution in [0.3, 0.4) is 0 Å². The van der Waals surface area contributed by atoms with E-state index < -0.39 is 12.1 Å². The molecule has 4 nitrogen and oxygen atoms in total. The molecule has 0 aliphatic carbocycles. The Kier molecular flexibility index (Phi) is 4.39. The Morgan fingerprint density at radius 1 is 1.25 bits per heavy atom. The number of esters is 1. The van der Waals surface area contributed by atoms with Crippen LogP contribution in [-0.2, 0) is 9.53 Å². The van der Waals surface area contributed by atoms with Crippen molar-refractivity contribution in [2.45, 2.75) is 6.10 Å². The minimum Gasteiger partial charge on any atom is -0.497 e. The van der Waals surface area contributed by atoms with Gasteiger partial charge in [-0.05, 0) is 30.3 Å². The second-order valence-corrected chi connectivity index (χ2v) is 2.97. The second kappa shape index (κ2) is 5.80. The van der Waals surface area contributed by atoms with Crippen LogP contribution in [0.5, 0.6) is 11.5 Å². The van der Waals surface area contributed by atoms with Gasteiger partial charge in [0.25, 0.3) is 0 Å². The number of benzene rings is 1. The van der Waals surface area contributed by atoms with Gasteiger partial charge in [-0.15, -0.1) is 0 Å². The van der Waals surface area contributed by atoms with Crippen LogP contribution in [0.25, 0.3) is 0 Å². The first-order valence-corrected chi connectivity index (χ1v) is 4.72. The zero-order valence-corrected chi connectivity index (χ0v) is 9.30. The van der Waals surface area contributed by atoms with E-state index in [0.29, 0.717) is 5.75 Å². The van der Waals surface area contributed by atoms with E-state index in [4.69, 9.17) is 9.47 Å². The lowest BCUT2D eigenvalue weighted by molar-refractivity contribution is -0.146. The minimum atomic E-state index is -0.793. The quantitative estimate of drug-likeness (QED) is 0.563.